The molecule has 0 aliphatic carbocycles. The second-order valence-electron chi connectivity index (χ2n) is 6.45. The molecule has 0 bridgehead atoms. The third kappa shape index (κ3) is 5.94. The zero-order chi connectivity index (χ0) is 19.9. The molecule has 0 atom stereocenters. The van der Waals surface area contributed by atoms with Crippen LogP contribution in [-0.4, -0.2) is 60.9 Å². The summed E-state index contributed by atoms with van der Waals surface area (Å²) < 4.78 is 18.4. The lowest BCUT2D eigenvalue weighted by Gasteiger charge is -2.34. The van der Waals surface area contributed by atoms with Crippen molar-refractivity contribution in [1.82, 2.24) is 9.80 Å². The molecule has 28 heavy (non-hydrogen) atoms. The van der Waals surface area contributed by atoms with Gasteiger partial charge in [-0.15, -0.1) is 0 Å². The van der Waals surface area contributed by atoms with Crippen LogP contribution >= 0.6 is 11.6 Å². The Bertz CT molecular complexity index is 806. The van der Waals surface area contributed by atoms with E-state index in [-0.39, 0.29) is 30.8 Å². The van der Waals surface area contributed by atoms with E-state index in [1.54, 1.807) is 29.2 Å². The van der Waals surface area contributed by atoms with Gasteiger partial charge in [-0.1, -0.05) is 11.6 Å². The Morgan fingerprint density at radius 2 is 1.64 bits per heavy atom. The number of rotatable bonds is 6. The second kappa shape index (κ2) is 9.52. The number of ether oxygens (including phenoxy) is 1. The molecule has 1 N–H and O–H groups in total. The summed E-state index contributed by atoms with van der Waals surface area (Å²) in [6, 6.07) is 12.5. The first-order chi connectivity index (χ1) is 13.5. The molecule has 0 spiro atoms. The molecule has 1 fully saturated rings. The van der Waals surface area contributed by atoms with E-state index in [4.69, 9.17) is 16.3 Å². The topological polar surface area (TPSA) is 61.9 Å². The van der Waals surface area contributed by atoms with E-state index < -0.39 is 0 Å². The lowest BCUT2D eigenvalue weighted by atomic mass is 10.3. The molecule has 1 saturated heterocycles. The third-order valence-corrected chi connectivity index (χ3v) is 4.65. The fraction of sp³-hybridized carbons (Fsp3) is 0.300. The zero-order valence-corrected chi connectivity index (χ0v) is 16.0. The van der Waals surface area contributed by atoms with Crippen LogP contribution in [0.15, 0.2) is 48.5 Å². The molecule has 2 amide bonds. The minimum atomic E-state index is -0.348. The van der Waals surface area contributed by atoms with Crippen LogP contribution in [0, 0.1) is 5.82 Å². The molecule has 3 rings (SSSR count). The highest BCUT2D eigenvalue weighted by Gasteiger charge is 2.22. The predicted octanol–water partition coefficient (Wildman–Crippen LogP) is 2.64. The standard InChI is InChI=1S/C20H21ClFN3O3/c21-15-1-7-18(8-2-15)28-14-20(27)25-11-9-24(10-12-25)13-19(26)23-17-5-3-16(22)4-6-17/h1-8H,9-14H2,(H,23,26). The monoisotopic (exact) mass is 405 g/mol. The number of piperazine rings is 1. The summed E-state index contributed by atoms with van der Waals surface area (Å²) in [6.07, 6.45) is 0. The fourth-order valence-electron chi connectivity index (χ4n) is 2.86. The van der Waals surface area contributed by atoms with Gasteiger partial charge in [-0.3, -0.25) is 14.5 Å². The Morgan fingerprint density at radius 1 is 1.00 bits per heavy atom. The average Bonchev–Trinajstić information content (AvgIpc) is 2.69. The molecule has 1 aliphatic rings. The van der Waals surface area contributed by atoms with Crippen molar-refractivity contribution >= 4 is 29.1 Å². The second-order valence-corrected chi connectivity index (χ2v) is 6.89. The van der Waals surface area contributed by atoms with Crippen molar-refractivity contribution in [3.8, 4) is 5.75 Å². The normalized spacial score (nSPS) is 14.6. The zero-order valence-electron chi connectivity index (χ0n) is 15.2. The molecular weight excluding hydrogens is 385 g/mol. The number of carbonyl (C=O) groups is 2. The van der Waals surface area contributed by atoms with Gasteiger partial charge < -0.3 is 15.0 Å². The first-order valence-corrected chi connectivity index (χ1v) is 9.31. The van der Waals surface area contributed by atoms with E-state index in [2.05, 4.69) is 5.32 Å². The van der Waals surface area contributed by atoms with Crippen LogP contribution in [0.3, 0.4) is 0 Å². The maximum absolute atomic E-state index is 12.9. The van der Waals surface area contributed by atoms with Gasteiger partial charge in [-0.25, -0.2) is 4.39 Å². The molecule has 2 aromatic carbocycles. The highest BCUT2D eigenvalue weighted by atomic mass is 35.5. The van der Waals surface area contributed by atoms with Crippen LogP contribution in [0.25, 0.3) is 0 Å². The van der Waals surface area contributed by atoms with Gasteiger partial charge in [0.15, 0.2) is 6.61 Å². The Kier molecular flexibility index (Phi) is 6.84. The molecule has 2 aromatic rings. The maximum atomic E-state index is 12.9. The number of hydrogen-bond donors (Lipinski definition) is 1. The predicted molar refractivity (Wildman–Crippen MR) is 105 cm³/mol. The highest BCUT2D eigenvalue weighted by Crippen LogP contribution is 2.15. The van der Waals surface area contributed by atoms with Crippen molar-refractivity contribution in [3.63, 3.8) is 0 Å². The Hall–Kier alpha value is -2.64. The summed E-state index contributed by atoms with van der Waals surface area (Å²) in [5, 5.41) is 3.35. The molecular formula is C20H21ClFN3O3. The third-order valence-electron chi connectivity index (χ3n) is 4.40. The lowest BCUT2D eigenvalue weighted by molar-refractivity contribution is -0.135. The van der Waals surface area contributed by atoms with Crippen molar-refractivity contribution in [2.24, 2.45) is 0 Å². The summed E-state index contributed by atoms with van der Waals surface area (Å²) in [7, 11) is 0. The number of halogens is 2. The van der Waals surface area contributed by atoms with Gasteiger partial charge in [0.25, 0.3) is 5.91 Å². The minimum Gasteiger partial charge on any atom is -0.484 e. The average molecular weight is 406 g/mol. The fourth-order valence-corrected chi connectivity index (χ4v) is 2.99. The van der Waals surface area contributed by atoms with Crippen molar-refractivity contribution in [3.05, 3.63) is 59.4 Å². The molecule has 0 aromatic heterocycles. The van der Waals surface area contributed by atoms with E-state index in [0.717, 1.165) is 0 Å². The van der Waals surface area contributed by atoms with E-state index in [0.29, 0.717) is 42.6 Å². The van der Waals surface area contributed by atoms with Crippen LogP contribution in [0.4, 0.5) is 10.1 Å². The Morgan fingerprint density at radius 3 is 2.29 bits per heavy atom. The van der Waals surface area contributed by atoms with Crippen LogP contribution < -0.4 is 10.1 Å². The minimum absolute atomic E-state index is 0.0350. The van der Waals surface area contributed by atoms with E-state index in [9.17, 15) is 14.0 Å². The molecule has 1 aliphatic heterocycles. The van der Waals surface area contributed by atoms with Crippen molar-refractivity contribution in [1.29, 1.82) is 0 Å². The molecule has 1 heterocycles. The van der Waals surface area contributed by atoms with Crippen LogP contribution in [0.5, 0.6) is 5.75 Å². The van der Waals surface area contributed by atoms with Gasteiger partial charge in [0.05, 0.1) is 6.54 Å². The molecule has 6 nitrogen and oxygen atoms in total. The number of nitrogens with zero attached hydrogens (tertiary/aromatic N) is 2. The number of carbonyl (C=O) groups excluding carboxylic acids is 2. The number of amides is 2. The smallest absolute Gasteiger partial charge is 0.260 e. The largest absolute Gasteiger partial charge is 0.484 e. The van der Waals surface area contributed by atoms with Crippen LogP contribution in [-0.2, 0) is 9.59 Å². The summed E-state index contributed by atoms with van der Waals surface area (Å²) in [5.74, 6) is -0.0181. The molecule has 0 unspecified atom stereocenters. The lowest BCUT2D eigenvalue weighted by Crippen LogP contribution is -2.51. The summed E-state index contributed by atoms with van der Waals surface area (Å²) in [6.45, 7) is 2.46. The first kappa shape index (κ1) is 20.1. The number of hydrogen-bond acceptors (Lipinski definition) is 4. The highest BCUT2D eigenvalue weighted by molar-refractivity contribution is 6.30. The molecule has 8 heteroatoms. The van der Waals surface area contributed by atoms with Gasteiger partial charge in [-0.05, 0) is 48.5 Å². The van der Waals surface area contributed by atoms with Crippen molar-refractivity contribution in [2.45, 2.75) is 0 Å². The summed E-state index contributed by atoms with van der Waals surface area (Å²) >= 11 is 5.82. The quantitative estimate of drug-likeness (QED) is 0.802. The summed E-state index contributed by atoms with van der Waals surface area (Å²) in [5.41, 5.74) is 0.555. The van der Waals surface area contributed by atoms with Gasteiger partial charge in [0.2, 0.25) is 5.91 Å². The van der Waals surface area contributed by atoms with Gasteiger partial charge in [0, 0.05) is 36.9 Å². The van der Waals surface area contributed by atoms with Crippen molar-refractivity contribution in [2.75, 3.05) is 44.6 Å². The van der Waals surface area contributed by atoms with Crippen molar-refractivity contribution < 1.29 is 18.7 Å². The Balaban J connectivity index is 1.38. The first-order valence-electron chi connectivity index (χ1n) is 8.93. The van der Waals surface area contributed by atoms with E-state index in [1.165, 1.54) is 24.3 Å². The summed E-state index contributed by atoms with van der Waals surface area (Å²) in [4.78, 5) is 28.1. The van der Waals surface area contributed by atoms with E-state index >= 15 is 0 Å². The van der Waals surface area contributed by atoms with Gasteiger partial charge in [-0.2, -0.15) is 0 Å². The van der Waals surface area contributed by atoms with Crippen LogP contribution in [0.1, 0.15) is 0 Å². The number of anilines is 1. The van der Waals surface area contributed by atoms with E-state index in [1.807, 2.05) is 4.90 Å². The number of nitrogens with one attached hydrogen (secondary N) is 1. The van der Waals surface area contributed by atoms with Gasteiger partial charge >= 0.3 is 0 Å². The number of benzene rings is 2. The SMILES string of the molecule is O=C(CN1CCN(C(=O)COc2ccc(Cl)cc2)CC1)Nc1ccc(F)cc1. The maximum Gasteiger partial charge on any atom is 0.260 e. The molecule has 0 saturated carbocycles. The van der Waals surface area contributed by atoms with Gasteiger partial charge in [0.1, 0.15) is 11.6 Å². The Labute approximate surface area is 167 Å². The van der Waals surface area contributed by atoms with Crippen LogP contribution in [0.2, 0.25) is 5.02 Å². The molecule has 148 valence electrons. The molecule has 0 radical (unpaired) electrons.